The fraction of sp³-hybridized carbons (Fsp3) is 0.355. The normalized spacial score (nSPS) is 12.0. The van der Waals surface area contributed by atoms with E-state index < -0.39 is 28.5 Å². The zero-order valence-electron chi connectivity index (χ0n) is 23.6. The van der Waals surface area contributed by atoms with Crippen LogP contribution in [-0.2, 0) is 26.2 Å². The monoisotopic (exact) mass is 583 g/mol. The molecule has 0 saturated heterocycles. The molecule has 0 aliphatic heterocycles. The summed E-state index contributed by atoms with van der Waals surface area (Å²) in [6.45, 7) is 7.68. The van der Waals surface area contributed by atoms with Gasteiger partial charge in [0.2, 0.25) is 11.8 Å². The minimum absolute atomic E-state index is 0.0600. The van der Waals surface area contributed by atoms with Crippen LogP contribution in [0.4, 0.5) is 5.69 Å². The van der Waals surface area contributed by atoms with Gasteiger partial charge in [-0.3, -0.25) is 13.9 Å². The molecule has 2 amide bonds. The summed E-state index contributed by atoms with van der Waals surface area (Å²) in [5, 5.41) is 3.39. The van der Waals surface area contributed by atoms with Crippen LogP contribution in [0.25, 0.3) is 0 Å². The molecule has 0 aliphatic carbocycles. The van der Waals surface area contributed by atoms with Crippen LogP contribution in [0.3, 0.4) is 0 Å². The van der Waals surface area contributed by atoms with Crippen LogP contribution in [0.15, 0.2) is 77.7 Å². The maximum atomic E-state index is 14.1. The van der Waals surface area contributed by atoms with Gasteiger partial charge in [-0.05, 0) is 68.1 Å². The van der Waals surface area contributed by atoms with E-state index in [1.807, 2.05) is 39.8 Å². The second-order valence-corrected chi connectivity index (χ2v) is 12.1. The topological polar surface area (TPSA) is 86.8 Å². The highest BCUT2D eigenvalue weighted by Gasteiger charge is 2.33. The van der Waals surface area contributed by atoms with Gasteiger partial charge in [0, 0.05) is 18.1 Å². The van der Waals surface area contributed by atoms with Crippen LogP contribution in [0.2, 0.25) is 5.02 Å². The lowest BCUT2D eigenvalue weighted by molar-refractivity contribution is -0.140. The Balaban J connectivity index is 2.05. The summed E-state index contributed by atoms with van der Waals surface area (Å²) in [7, 11) is -4.11. The molecule has 0 spiro atoms. The number of benzene rings is 3. The lowest BCUT2D eigenvalue weighted by atomic mass is 10.1. The molecule has 0 radical (unpaired) electrons. The SMILES string of the molecule is CCCCNC(=O)C(CC)N(Cc1ccccc1Cl)C(=O)CN(c1cccc(C)c1)S(=O)(=O)c1ccc(C)cc1. The van der Waals surface area contributed by atoms with E-state index in [1.165, 1.54) is 17.0 Å². The summed E-state index contributed by atoms with van der Waals surface area (Å²) in [6.07, 6.45) is 2.08. The van der Waals surface area contributed by atoms with Gasteiger partial charge in [0.25, 0.3) is 10.0 Å². The molecule has 9 heteroatoms. The molecule has 0 fully saturated rings. The van der Waals surface area contributed by atoms with Crippen molar-refractivity contribution in [3.05, 3.63) is 94.5 Å². The second-order valence-electron chi connectivity index (χ2n) is 9.85. The van der Waals surface area contributed by atoms with E-state index in [-0.39, 0.29) is 17.3 Å². The smallest absolute Gasteiger partial charge is 0.264 e. The third kappa shape index (κ3) is 7.86. The van der Waals surface area contributed by atoms with Gasteiger partial charge in [-0.2, -0.15) is 0 Å². The van der Waals surface area contributed by atoms with Crippen molar-refractivity contribution in [3.63, 3.8) is 0 Å². The van der Waals surface area contributed by atoms with Crippen LogP contribution in [0, 0.1) is 13.8 Å². The number of rotatable bonds is 13. The van der Waals surface area contributed by atoms with Crippen molar-refractivity contribution >= 4 is 39.1 Å². The van der Waals surface area contributed by atoms with E-state index in [1.54, 1.807) is 48.5 Å². The van der Waals surface area contributed by atoms with Crippen molar-refractivity contribution in [1.29, 1.82) is 0 Å². The molecule has 0 bridgehead atoms. The Kier molecular flexibility index (Phi) is 11.2. The Labute approximate surface area is 243 Å². The molecular weight excluding hydrogens is 546 g/mol. The first-order chi connectivity index (χ1) is 19.1. The number of anilines is 1. The maximum Gasteiger partial charge on any atom is 0.264 e. The number of carbonyl (C=O) groups excluding carboxylic acids is 2. The first-order valence-corrected chi connectivity index (χ1v) is 15.4. The van der Waals surface area contributed by atoms with Crippen LogP contribution < -0.4 is 9.62 Å². The van der Waals surface area contributed by atoms with Crippen molar-refractivity contribution < 1.29 is 18.0 Å². The number of nitrogens with one attached hydrogen (secondary N) is 1. The van der Waals surface area contributed by atoms with E-state index >= 15 is 0 Å². The van der Waals surface area contributed by atoms with Crippen LogP contribution in [0.1, 0.15) is 49.8 Å². The van der Waals surface area contributed by atoms with Gasteiger partial charge in [0.05, 0.1) is 10.6 Å². The van der Waals surface area contributed by atoms with E-state index in [0.717, 1.165) is 28.3 Å². The Morgan fingerprint density at radius 3 is 2.25 bits per heavy atom. The highest BCUT2D eigenvalue weighted by molar-refractivity contribution is 7.92. The predicted octanol–water partition coefficient (Wildman–Crippen LogP) is 5.88. The maximum absolute atomic E-state index is 14.1. The second kappa shape index (κ2) is 14.3. The number of amides is 2. The molecule has 1 atom stereocenters. The molecule has 0 saturated carbocycles. The minimum atomic E-state index is -4.11. The summed E-state index contributed by atoms with van der Waals surface area (Å²) in [5.74, 6) is -0.783. The van der Waals surface area contributed by atoms with E-state index in [9.17, 15) is 18.0 Å². The predicted molar refractivity (Wildman–Crippen MR) is 161 cm³/mol. The molecule has 1 N–H and O–H groups in total. The van der Waals surface area contributed by atoms with E-state index in [0.29, 0.717) is 29.2 Å². The van der Waals surface area contributed by atoms with Crippen LogP contribution in [0.5, 0.6) is 0 Å². The average Bonchev–Trinajstić information content (AvgIpc) is 2.92. The van der Waals surface area contributed by atoms with Gasteiger partial charge in [-0.25, -0.2) is 8.42 Å². The fourth-order valence-corrected chi connectivity index (χ4v) is 5.99. The summed E-state index contributed by atoms with van der Waals surface area (Å²) in [5.41, 5.74) is 2.81. The Bertz CT molecular complexity index is 1410. The van der Waals surface area contributed by atoms with Crippen molar-refractivity contribution in [1.82, 2.24) is 10.2 Å². The molecule has 40 heavy (non-hydrogen) atoms. The Morgan fingerprint density at radius 2 is 1.62 bits per heavy atom. The number of halogens is 1. The molecule has 1 unspecified atom stereocenters. The van der Waals surface area contributed by atoms with Gasteiger partial charge in [0.15, 0.2) is 0 Å². The van der Waals surface area contributed by atoms with E-state index in [4.69, 9.17) is 11.6 Å². The number of nitrogens with zero attached hydrogens (tertiary/aromatic N) is 2. The molecule has 0 heterocycles. The van der Waals surface area contributed by atoms with Crippen molar-refractivity contribution in [2.45, 2.75) is 64.4 Å². The van der Waals surface area contributed by atoms with Crippen molar-refractivity contribution in [2.75, 3.05) is 17.4 Å². The number of sulfonamides is 1. The lowest BCUT2D eigenvalue weighted by Gasteiger charge is -2.33. The van der Waals surface area contributed by atoms with Crippen molar-refractivity contribution in [2.24, 2.45) is 0 Å². The first kappa shape index (κ1) is 31.2. The third-order valence-corrected chi connectivity index (χ3v) is 8.85. The summed E-state index contributed by atoms with van der Waals surface area (Å²) < 4.78 is 29.0. The summed E-state index contributed by atoms with van der Waals surface area (Å²) in [6, 6.07) is 19.9. The van der Waals surface area contributed by atoms with Gasteiger partial charge in [-0.1, -0.05) is 79.9 Å². The number of carbonyl (C=O) groups is 2. The number of hydrogen-bond donors (Lipinski definition) is 1. The zero-order chi connectivity index (χ0) is 29.3. The largest absolute Gasteiger partial charge is 0.354 e. The van der Waals surface area contributed by atoms with Gasteiger partial charge < -0.3 is 10.2 Å². The molecule has 214 valence electrons. The molecule has 7 nitrogen and oxygen atoms in total. The van der Waals surface area contributed by atoms with Crippen LogP contribution in [-0.4, -0.2) is 44.3 Å². The number of unbranched alkanes of at least 4 members (excludes halogenated alkanes) is 1. The number of hydrogen-bond acceptors (Lipinski definition) is 4. The van der Waals surface area contributed by atoms with Gasteiger partial charge in [0.1, 0.15) is 12.6 Å². The zero-order valence-corrected chi connectivity index (χ0v) is 25.1. The first-order valence-electron chi connectivity index (χ1n) is 13.5. The molecule has 0 aromatic heterocycles. The van der Waals surface area contributed by atoms with Gasteiger partial charge >= 0.3 is 0 Å². The van der Waals surface area contributed by atoms with Gasteiger partial charge in [-0.15, -0.1) is 0 Å². The quantitative estimate of drug-likeness (QED) is 0.255. The Hall–Kier alpha value is -3.36. The van der Waals surface area contributed by atoms with E-state index in [2.05, 4.69) is 5.32 Å². The highest BCUT2D eigenvalue weighted by Crippen LogP contribution is 2.26. The lowest BCUT2D eigenvalue weighted by Crippen LogP contribution is -2.52. The third-order valence-electron chi connectivity index (χ3n) is 6.69. The highest BCUT2D eigenvalue weighted by atomic mass is 35.5. The molecule has 3 aromatic carbocycles. The summed E-state index contributed by atoms with van der Waals surface area (Å²) >= 11 is 6.44. The molecule has 0 aliphatic rings. The number of aryl methyl sites for hydroxylation is 2. The Morgan fingerprint density at radius 1 is 0.925 bits per heavy atom. The molecule has 3 aromatic rings. The average molecular weight is 584 g/mol. The minimum Gasteiger partial charge on any atom is -0.354 e. The standard InChI is InChI=1S/C31H38ClN3O4S/c1-5-7-19-33-31(37)29(6-2)34(21-25-12-8-9-14-28(25)32)30(36)22-35(26-13-10-11-24(4)20-26)40(38,39)27-17-15-23(3)16-18-27/h8-18,20,29H,5-7,19,21-22H2,1-4H3,(H,33,37). The fourth-order valence-electron chi connectivity index (χ4n) is 4.39. The van der Waals surface area contributed by atoms with Crippen LogP contribution >= 0.6 is 11.6 Å². The molecule has 3 rings (SSSR count). The molecular formula is C31H38ClN3O4S. The summed E-state index contributed by atoms with van der Waals surface area (Å²) in [4.78, 5) is 28.9. The van der Waals surface area contributed by atoms with Crippen molar-refractivity contribution in [3.8, 4) is 0 Å².